The Hall–Kier alpha value is -3.33. The first-order chi connectivity index (χ1) is 13.6. The van der Waals surface area contributed by atoms with E-state index < -0.39 is 5.82 Å². The zero-order chi connectivity index (χ0) is 19.5. The average molecular weight is 441 g/mol. The van der Waals surface area contributed by atoms with Crippen LogP contribution in [0, 0.1) is 5.82 Å². The number of H-pyrrole nitrogens is 1. The number of benzene rings is 2. The molecule has 0 atom stereocenters. The Kier molecular flexibility index (Phi) is 4.98. The molecule has 1 amide bonds. The predicted molar refractivity (Wildman–Crippen MR) is 108 cm³/mol. The minimum atomic E-state index is -0.408. The minimum Gasteiger partial charge on any atom is -0.326 e. The minimum absolute atomic E-state index is 0.0707. The summed E-state index contributed by atoms with van der Waals surface area (Å²) >= 11 is 3.44. The molecule has 0 bridgehead atoms. The number of aromatic amines is 1. The molecule has 0 aliphatic rings. The topological polar surface area (TPSA) is 95.6 Å². The van der Waals surface area contributed by atoms with Gasteiger partial charge in [-0.15, -0.1) is 0 Å². The quantitative estimate of drug-likeness (QED) is 0.432. The van der Waals surface area contributed by atoms with Gasteiger partial charge in [-0.3, -0.25) is 9.89 Å². The molecule has 3 N–H and O–H groups in total. The number of nitrogens with zero attached hydrogens (tertiary/aromatic N) is 3. The van der Waals surface area contributed by atoms with E-state index in [-0.39, 0.29) is 12.3 Å². The van der Waals surface area contributed by atoms with Gasteiger partial charge in [-0.2, -0.15) is 5.10 Å². The lowest BCUT2D eigenvalue weighted by atomic mass is 10.2. The van der Waals surface area contributed by atoms with E-state index in [9.17, 15) is 9.18 Å². The molecule has 0 radical (unpaired) electrons. The van der Waals surface area contributed by atoms with Gasteiger partial charge in [0, 0.05) is 27.3 Å². The lowest BCUT2D eigenvalue weighted by Crippen LogP contribution is -2.14. The molecule has 2 aromatic heterocycles. The molecular weight excluding hydrogens is 427 g/mol. The van der Waals surface area contributed by atoms with Gasteiger partial charge in [0.1, 0.15) is 18.0 Å². The third-order valence-corrected chi connectivity index (χ3v) is 4.43. The van der Waals surface area contributed by atoms with E-state index in [2.05, 4.69) is 46.7 Å². The van der Waals surface area contributed by atoms with E-state index in [0.29, 0.717) is 23.0 Å². The lowest BCUT2D eigenvalue weighted by molar-refractivity contribution is -0.115. The number of rotatable bonds is 5. The maximum Gasteiger partial charge on any atom is 0.230 e. The van der Waals surface area contributed by atoms with Gasteiger partial charge in [0.2, 0.25) is 5.91 Å². The first kappa shape index (κ1) is 18.1. The molecule has 0 unspecified atom stereocenters. The number of amides is 1. The number of halogens is 2. The molecule has 140 valence electrons. The smallest absolute Gasteiger partial charge is 0.230 e. The Bertz CT molecular complexity index is 1160. The SMILES string of the molecule is O=C(Cc1cc(Nc2ncnc3ccc(Br)cc23)n[nH]1)Nc1cccc(F)c1. The standard InChI is InChI=1S/C19H14BrFN6O/c20-11-4-5-16-15(6-11)19(23-10-22-16)25-17-8-14(26-27-17)9-18(28)24-13-3-1-2-12(21)7-13/h1-8,10H,9H2,(H,24,28)(H2,22,23,25,26,27). The number of aromatic nitrogens is 4. The van der Waals surface area contributed by atoms with Gasteiger partial charge in [0.15, 0.2) is 5.82 Å². The molecule has 7 nitrogen and oxygen atoms in total. The number of carbonyl (C=O) groups excluding carboxylic acids is 1. The summed E-state index contributed by atoms with van der Waals surface area (Å²) in [6, 6.07) is 13.2. The number of anilines is 3. The summed E-state index contributed by atoms with van der Waals surface area (Å²) in [4.78, 5) is 20.6. The molecule has 0 aliphatic carbocycles. The molecular formula is C19H14BrFN6O. The number of carbonyl (C=O) groups is 1. The molecule has 2 aromatic carbocycles. The molecule has 0 saturated heterocycles. The number of hydrogen-bond donors (Lipinski definition) is 3. The van der Waals surface area contributed by atoms with Crippen LogP contribution in [-0.4, -0.2) is 26.1 Å². The average Bonchev–Trinajstić information content (AvgIpc) is 3.09. The van der Waals surface area contributed by atoms with Crippen LogP contribution in [0.1, 0.15) is 5.69 Å². The largest absolute Gasteiger partial charge is 0.326 e. The van der Waals surface area contributed by atoms with E-state index >= 15 is 0 Å². The Morgan fingerprint density at radius 2 is 2.04 bits per heavy atom. The molecule has 2 heterocycles. The number of hydrogen-bond acceptors (Lipinski definition) is 5. The van der Waals surface area contributed by atoms with E-state index in [4.69, 9.17) is 0 Å². The zero-order valence-corrected chi connectivity index (χ0v) is 16.0. The Morgan fingerprint density at radius 1 is 1.14 bits per heavy atom. The van der Waals surface area contributed by atoms with Crippen LogP contribution in [0.2, 0.25) is 0 Å². The van der Waals surface area contributed by atoms with Crippen LogP contribution in [0.5, 0.6) is 0 Å². The molecule has 0 saturated carbocycles. The molecule has 0 aliphatic heterocycles. The van der Waals surface area contributed by atoms with Gasteiger partial charge in [-0.25, -0.2) is 14.4 Å². The third kappa shape index (κ3) is 4.15. The second-order valence-corrected chi connectivity index (χ2v) is 6.94. The van der Waals surface area contributed by atoms with Crippen LogP contribution in [-0.2, 0) is 11.2 Å². The van der Waals surface area contributed by atoms with Crippen molar-refractivity contribution >= 4 is 50.1 Å². The Labute approximate surface area is 167 Å². The Morgan fingerprint density at radius 3 is 2.89 bits per heavy atom. The van der Waals surface area contributed by atoms with Crippen molar-refractivity contribution in [3.05, 3.63) is 70.8 Å². The van der Waals surface area contributed by atoms with Crippen LogP contribution in [0.3, 0.4) is 0 Å². The fraction of sp³-hybridized carbons (Fsp3) is 0.0526. The summed E-state index contributed by atoms with van der Waals surface area (Å²) in [5.74, 6) is 0.439. The number of nitrogens with one attached hydrogen (secondary N) is 3. The normalized spacial score (nSPS) is 10.8. The van der Waals surface area contributed by atoms with Crippen molar-refractivity contribution in [1.82, 2.24) is 20.2 Å². The van der Waals surface area contributed by atoms with Gasteiger partial charge in [-0.05, 0) is 36.4 Å². The highest BCUT2D eigenvalue weighted by Crippen LogP contribution is 2.25. The third-order valence-electron chi connectivity index (χ3n) is 3.93. The maximum absolute atomic E-state index is 13.2. The van der Waals surface area contributed by atoms with Crippen LogP contribution < -0.4 is 10.6 Å². The van der Waals surface area contributed by atoms with Crippen molar-refractivity contribution in [2.45, 2.75) is 6.42 Å². The highest BCUT2D eigenvalue weighted by molar-refractivity contribution is 9.10. The second-order valence-electron chi connectivity index (χ2n) is 6.02. The van der Waals surface area contributed by atoms with Crippen molar-refractivity contribution in [2.75, 3.05) is 10.6 Å². The highest BCUT2D eigenvalue weighted by atomic mass is 79.9. The predicted octanol–water partition coefficient (Wildman–Crippen LogP) is 4.18. The molecule has 4 aromatic rings. The molecule has 0 fully saturated rings. The summed E-state index contributed by atoms with van der Waals surface area (Å²) in [7, 11) is 0. The van der Waals surface area contributed by atoms with Gasteiger partial charge < -0.3 is 10.6 Å². The van der Waals surface area contributed by atoms with Crippen molar-refractivity contribution in [3.63, 3.8) is 0 Å². The maximum atomic E-state index is 13.2. The van der Waals surface area contributed by atoms with Crippen molar-refractivity contribution < 1.29 is 9.18 Å². The second kappa shape index (κ2) is 7.73. The van der Waals surface area contributed by atoms with Crippen LogP contribution >= 0.6 is 15.9 Å². The van der Waals surface area contributed by atoms with Gasteiger partial charge in [0.25, 0.3) is 0 Å². The summed E-state index contributed by atoms with van der Waals surface area (Å²) in [5, 5.41) is 13.6. The van der Waals surface area contributed by atoms with E-state index in [1.807, 2.05) is 18.2 Å². The van der Waals surface area contributed by atoms with Crippen LogP contribution in [0.4, 0.5) is 21.7 Å². The van der Waals surface area contributed by atoms with Gasteiger partial charge in [0.05, 0.1) is 11.9 Å². The fourth-order valence-electron chi connectivity index (χ4n) is 2.71. The zero-order valence-electron chi connectivity index (χ0n) is 14.4. The lowest BCUT2D eigenvalue weighted by Gasteiger charge is -2.06. The first-order valence-corrected chi connectivity index (χ1v) is 9.13. The van der Waals surface area contributed by atoms with Crippen molar-refractivity contribution in [2.24, 2.45) is 0 Å². The van der Waals surface area contributed by atoms with E-state index in [1.165, 1.54) is 24.5 Å². The monoisotopic (exact) mass is 440 g/mol. The Balaban J connectivity index is 1.46. The summed E-state index contributed by atoms with van der Waals surface area (Å²) in [6.07, 6.45) is 1.54. The van der Waals surface area contributed by atoms with Crippen LogP contribution in [0.15, 0.2) is 59.3 Å². The highest BCUT2D eigenvalue weighted by Gasteiger charge is 2.10. The summed E-state index contributed by atoms with van der Waals surface area (Å²) in [6.45, 7) is 0. The van der Waals surface area contributed by atoms with E-state index in [0.717, 1.165) is 15.4 Å². The van der Waals surface area contributed by atoms with Crippen molar-refractivity contribution in [3.8, 4) is 0 Å². The summed E-state index contributed by atoms with van der Waals surface area (Å²) < 4.78 is 14.1. The molecule has 0 spiro atoms. The molecule has 9 heteroatoms. The van der Waals surface area contributed by atoms with Crippen LogP contribution in [0.25, 0.3) is 10.9 Å². The fourth-order valence-corrected chi connectivity index (χ4v) is 3.07. The molecule has 28 heavy (non-hydrogen) atoms. The van der Waals surface area contributed by atoms with E-state index in [1.54, 1.807) is 12.1 Å². The number of fused-ring (bicyclic) bond motifs is 1. The summed E-state index contributed by atoms with van der Waals surface area (Å²) in [5.41, 5.74) is 1.81. The first-order valence-electron chi connectivity index (χ1n) is 8.34. The molecule has 4 rings (SSSR count). The van der Waals surface area contributed by atoms with Crippen molar-refractivity contribution in [1.29, 1.82) is 0 Å². The van der Waals surface area contributed by atoms with Gasteiger partial charge in [-0.1, -0.05) is 22.0 Å². The van der Waals surface area contributed by atoms with Gasteiger partial charge >= 0.3 is 0 Å².